The first-order valence-electron chi connectivity index (χ1n) is 28.3. The number of anilines is 8. The van der Waals surface area contributed by atoms with E-state index in [1.165, 1.54) is 72.1 Å². The second-order valence-corrected chi connectivity index (χ2v) is 21.2. The molecular formula is C78H56N4. The predicted molar refractivity (Wildman–Crippen MR) is 345 cm³/mol. The molecule has 13 aromatic rings. The van der Waals surface area contributed by atoms with Crippen molar-refractivity contribution < 1.29 is 0 Å². The quantitative estimate of drug-likeness (QED) is 0.121. The molecule has 0 amide bonds. The Balaban J connectivity index is 0.876. The fraction of sp³-hybridized carbons (Fsp3) is 0.0256. The van der Waals surface area contributed by atoms with Gasteiger partial charge in [-0.3, -0.25) is 0 Å². The van der Waals surface area contributed by atoms with Crippen LogP contribution in [0.5, 0.6) is 0 Å². The lowest BCUT2D eigenvalue weighted by molar-refractivity contribution is 0.745. The summed E-state index contributed by atoms with van der Waals surface area (Å²) in [6, 6.07) is 111. The second kappa shape index (κ2) is 20.8. The molecule has 0 bridgehead atoms. The van der Waals surface area contributed by atoms with Crippen LogP contribution < -0.4 is 14.7 Å². The van der Waals surface area contributed by atoms with Crippen molar-refractivity contribution in [3.8, 4) is 50.3 Å². The summed E-state index contributed by atoms with van der Waals surface area (Å²) in [6.07, 6.45) is 9.11. The van der Waals surface area contributed by atoms with Gasteiger partial charge in [0.05, 0.1) is 17.3 Å². The van der Waals surface area contributed by atoms with Crippen LogP contribution in [0.3, 0.4) is 0 Å². The number of fused-ring (bicyclic) bond motifs is 6. The van der Waals surface area contributed by atoms with Crippen LogP contribution in [0.1, 0.15) is 11.5 Å². The van der Waals surface area contributed by atoms with Gasteiger partial charge in [-0.1, -0.05) is 224 Å². The molecule has 1 aliphatic heterocycles. The van der Waals surface area contributed by atoms with Crippen molar-refractivity contribution in [3.05, 3.63) is 333 Å². The van der Waals surface area contributed by atoms with Crippen molar-refractivity contribution in [2.24, 2.45) is 0 Å². The lowest BCUT2D eigenvalue weighted by Crippen LogP contribution is -2.28. The maximum Gasteiger partial charge on any atom is 0.0629 e. The Morgan fingerprint density at radius 3 is 1.40 bits per heavy atom. The summed E-state index contributed by atoms with van der Waals surface area (Å²) < 4.78 is 2.51. The summed E-state index contributed by atoms with van der Waals surface area (Å²) >= 11 is 0. The Hall–Kier alpha value is -10.7. The van der Waals surface area contributed by atoms with E-state index in [0.717, 1.165) is 50.9 Å². The van der Waals surface area contributed by atoms with Gasteiger partial charge in [-0.05, 0) is 147 Å². The number of nitrogens with zero attached hydrogens (tertiary/aromatic N) is 4. The molecule has 0 radical (unpaired) electrons. The highest BCUT2D eigenvalue weighted by Gasteiger charge is 2.38. The molecule has 15 rings (SSSR count). The van der Waals surface area contributed by atoms with Crippen LogP contribution >= 0.6 is 0 Å². The van der Waals surface area contributed by atoms with Gasteiger partial charge in [0, 0.05) is 73.4 Å². The van der Waals surface area contributed by atoms with Crippen molar-refractivity contribution in [2.75, 3.05) is 14.7 Å². The Kier molecular flexibility index (Phi) is 12.3. The molecule has 0 saturated carbocycles. The third-order valence-electron chi connectivity index (χ3n) is 16.5. The van der Waals surface area contributed by atoms with Crippen molar-refractivity contribution >= 4 is 67.2 Å². The van der Waals surface area contributed by atoms with E-state index in [-0.39, 0.29) is 12.0 Å². The van der Waals surface area contributed by atoms with E-state index in [1.807, 2.05) is 0 Å². The van der Waals surface area contributed by atoms with Crippen LogP contribution in [0.2, 0.25) is 0 Å². The third-order valence-corrected chi connectivity index (χ3v) is 16.5. The number of benzene rings is 12. The smallest absolute Gasteiger partial charge is 0.0629 e. The molecule has 2 atom stereocenters. The lowest BCUT2D eigenvalue weighted by atomic mass is 9.91. The molecule has 2 unspecified atom stereocenters. The van der Waals surface area contributed by atoms with Gasteiger partial charge in [0.25, 0.3) is 0 Å². The first kappa shape index (κ1) is 48.4. The van der Waals surface area contributed by atoms with Crippen molar-refractivity contribution in [1.29, 1.82) is 0 Å². The van der Waals surface area contributed by atoms with E-state index >= 15 is 0 Å². The topological polar surface area (TPSA) is 14.7 Å². The van der Waals surface area contributed by atoms with E-state index in [2.05, 4.69) is 347 Å². The molecule has 2 aliphatic rings. The Labute approximate surface area is 479 Å². The molecule has 4 nitrogen and oxygen atoms in total. The summed E-state index contributed by atoms with van der Waals surface area (Å²) in [5, 5.41) is 3.60. The van der Waals surface area contributed by atoms with Gasteiger partial charge >= 0.3 is 0 Å². The zero-order chi connectivity index (χ0) is 54.3. The molecule has 1 aliphatic carbocycles. The highest BCUT2D eigenvalue weighted by Crippen LogP contribution is 2.51. The highest BCUT2D eigenvalue weighted by atomic mass is 15.2. The summed E-state index contributed by atoms with van der Waals surface area (Å²) in [4.78, 5) is 7.24. The maximum absolute atomic E-state index is 2.51. The van der Waals surface area contributed by atoms with Gasteiger partial charge in [-0.2, -0.15) is 0 Å². The fourth-order valence-electron chi connectivity index (χ4n) is 12.8. The fourth-order valence-corrected chi connectivity index (χ4v) is 12.8. The Morgan fingerprint density at radius 1 is 0.305 bits per heavy atom. The van der Waals surface area contributed by atoms with E-state index < -0.39 is 0 Å². The summed E-state index contributed by atoms with van der Waals surface area (Å²) in [7, 11) is 0. The largest absolute Gasteiger partial charge is 0.333 e. The molecule has 0 spiro atoms. The molecule has 82 heavy (non-hydrogen) atoms. The molecular weight excluding hydrogens is 993 g/mol. The van der Waals surface area contributed by atoms with E-state index in [9.17, 15) is 0 Å². The van der Waals surface area contributed by atoms with Gasteiger partial charge in [-0.15, -0.1) is 0 Å². The zero-order valence-corrected chi connectivity index (χ0v) is 45.1. The Bertz CT molecular complexity index is 4420. The number of para-hydroxylation sites is 3. The first-order chi connectivity index (χ1) is 40.7. The number of hydrogen-bond acceptors (Lipinski definition) is 3. The monoisotopic (exact) mass is 1050 g/mol. The molecule has 4 heteroatoms. The minimum absolute atomic E-state index is 0.187. The number of allylic oxidation sites excluding steroid dienone is 2. The van der Waals surface area contributed by atoms with Gasteiger partial charge in [0.1, 0.15) is 0 Å². The molecule has 0 saturated heterocycles. The number of aromatic nitrogens is 1. The number of hydrogen-bond donors (Lipinski definition) is 0. The third kappa shape index (κ3) is 8.57. The number of rotatable bonds is 12. The average molecular weight is 1050 g/mol. The highest BCUT2D eigenvalue weighted by molar-refractivity contribution is 6.18. The van der Waals surface area contributed by atoms with Gasteiger partial charge < -0.3 is 19.3 Å². The summed E-state index contributed by atoms with van der Waals surface area (Å²) in [5.74, 6) is 0.206. The molecule has 388 valence electrons. The van der Waals surface area contributed by atoms with Crippen molar-refractivity contribution in [2.45, 2.75) is 12.0 Å². The van der Waals surface area contributed by atoms with Crippen LogP contribution in [-0.4, -0.2) is 10.6 Å². The van der Waals surface area contributed by atoms with Gasteiger partial charge in [0.15, 0.2) is 0 Å². The van der Waals surface area contributed by atoms with E-state index in [4.69, 9.17) is 0 Å². The van der Waals surface area contributed by atoms with Crippen LogP contribution in [0.25, 0.3) is 72.0 Å². The van der Waals surface area contributed by atoms with Crippen LogP contribution in [0.15, 0.2) is 328 Å². The minimum Gasteiger partial charge on any atom is -0.333 e. The van der Waals surface area contributed by atoms with Gasteiger partial charge in [-0.25, -0.2) is 0 Å². The SMILES string of the molecule is C1=CC2c3cc(N(c4ccc(-c5cccc6c5ccc5c(-c7ccccc7)c(-c7ccccc7)n(-c7ccc(-c8ccccc8)cc7)c56)cc4)c4ccc(N(c5ccccc5)c5ccccc5)cc4)ccc3N(c3ccccc3)C2C=C1. The summed E-state index contributed by atoms with van der Waals surface area (Å²) in [5.41, 5.74) is 22.0. The predicted octanol–water partition coefficient (Wildman–Crippen LogP) is 21.1. The molecule has 12 aromatic carbocycles. The van der Waals surface area contributed by atoms with Crippen molar-refractivity contribution in [1.82, 2.24) is 4.57 Å². The average Bonchev–Trinajstić information content (AvgIpc) is 3.34. The Morgan fingerprint density at radius 2 is 0.780 bits per heavy atom. The molecule has 2 heterocycles. The van der Waals surface area contributed by atoms with Crippen LogP contribution in [0.4, 0.5) is 45.5 Å². The standard InChI is InChI=1S/C78H56N4/c1-7-22-55(23-8-1)56-38-42-66(43-39-56)82-77(59-26-11-3-12-27-59)76(58-24-9-2-10-25-58)72-52-51-69-68(35-21-36-71(69)78(72)82)57-40-44-63(45-41-57)80(65-48-46-64(47-49-65)79(60-28-13-4-14-29-60)61-30-15-5-16-31-61)67-50-53-75-73(54-67)70-34-19-20-37-74(70)81(75)62-32-17-6-18-33-62/h1-54,70,74H. The summed E-state index contributed by atoms with van der Waals surface area (Å²) in [6.45, 7) is 0. The normalized spacial score (nSPS) is 14.2. The van der Waals surface area contributed by atoms with Crippen molar-refractivity contribution in [3.63, 3.8) is 0 Å². The van der Waals surface area contributed by atoms with Crippen LogP contribution in [0, 0.1) is 0 Å². The van der Waals surface area contributed by atoms with E-state index in [1.54, 1.807) is 0 Å². The first-order valence-corrected chi connectivity index (χ1v) is 28.3. The molecule has 0 N–H and O–H groups in total. The van der Waals surface area contributed by atoms with Gasteiger partial charge in [0.2, 0.25) is 0 Å². The second-order valence-electron chi connectivity index (χ2n) is 21.2. The molecule has 0 fully saturated rings. The molecule has 1 aromatic heterocycles. The zero-order valence-electron chi connectivity index (χ0n) is 45.1. The van der Waals surface area contributed by atoms with Crippen LogP contribution in [-0.2, 0) is 0 Å². The minimum atomic E-state index is 0.187. The maximum atomic E-state index is 2.51. The lowest BCUT2D eigenvalue weighted by Gasteiger charge is -2.29. The van der Waals surface area contributed by atoms with E-state index in [0.29, 0.717) is 0 Å².